The number of hydrogen-bond acceptors (Lipinski definition) is 2. The van der Waals surface area contributed by atoms with Gasteiger partial charge in [0.2, 0.25) is 0 Å². The largest absolute Gasteiger partial charge is 0.376 e. The van der Waals surface area contributed by atoms with Crippen LogP contribution in [0.5, 0.6) is 0 Å². The van der Waals surface area contributed by atoms with E-state index in [9.17, 15) is 8.78 Å². The maximum absolute atomic E-state index is 12.3. The van der Waals surface area contributed by atoms with Crippen molar-refractivity contribution in [1.82, 2.24) is 4.90 Å². The predicted octanol–water partition coefficient (Wildman–Crippen LogP) is 1.85. The quantitative estimate of drug-likeness (QED) is 0.718. The van der Waals surface area contributed by atoms with Crippen molar-refractivity contribution in [2.45, 2.75) is 26.4 Å². The Labute approximate surface area is 89.6 Å². The van der Waals surface area contributed by atoms with Crippen LogP contribution >= 0.6 is 0 Å². The van der Waals surface area contributed by atoms with Crippen LogP contribution in [0.1, 0.15) is 13.8 Å². The molecule has 2 aliphatic rings. The molecule has 0 amide bonds. The summed E-state index contributed by atoms with van der Waals surface area (Å²) in [5, 5.41) is 0. The molecular weight excluding hydrogens is 200 g/mol. The van der Waals surface area contributed by atoms with Crippen LogP contribution in [0.25, 0.3) is 0 Å². The van der Waals surface area contributed by atoms with Gasteiger partial charge in [0.15, 0.2) is 0 Å². The van der Waals surface area contributed by atoms with Crippen LogP contribution < -0.4 is 0 Å². The average Bonchev–Trinajstić information content (AvgIpc) is 2.38. The Bertz CT molecular complexity index is 209. The molecule has 2 aliphatic heterocycles. The molecule has 3 unspecified atom stereocenters. The molecule has 0 aromatic carbocycles. The van der Waals surface area contributed by atoms with Crippen LogP contribution in [0.4, 0.5) is 8.78 Å². The number of ether oxygens (including phenoxy) is 1. The van der Waals surface area contributed by atoms with Crippen molar-refractivity contribution < 1.29 is 13.5 Å². The zero-order valence-electron chi connectivity index (χ0n) is 9.33. The molecule has 0 aromatic rings. The Morgan fingerprint density at radius 2 is 2.07 bits per heavy atom. The minimum atomic E-state index is -2.22. The van der Waals surface area contributed by atoms with E-state index in [1.165, 1.54) is 0 Å². The maximum atomic E-state index is 12.3. The first-order valence-corrected chi connectivity index (χ1v) is 5.70. The molecule has 0 N–H and O–H groups in total. The number of halogens is 2. The van der Waals surface area contributed by atoms with E-state index >= 15 is 0 Å². The molecule has 2 heterocycles. The first-order chi connectivity index (χ1) is 7.08. The summed E-state index contributed by atoms with van der Waals surface area (Å²) >= 11 is 0. The summed E-state index contributed by atoms with van der Waals surface area (Å²) < 4.78 is 30.2. The molecule has 88 valence electrons. The standard InChI is InChI=1S/C11H19F2NO/c1-7(2)11-8-3-14(5-10(12)13)4-9(11)15-6-8/h7-11H,3-6H2,1-2H3. The Morgan fingerprint density at radius 3 is 2.60 bits per heavy atom. The van der Waals surface area contributed by atoms with Gasteiger partial charge in [-0.05, 0) is 11.8 Å². The number of fused-ring (bicyclic) bond motifs is 2. The van der Waals surface area contributed by atoms with Crippen molar-refractivity contribution in [2.24, 2.45) is 17.8 Å². The fourth-order valence-corrected chi connectivity index (χ4v) is 3.10. The summed E-state index contributed by atoms with van der Waals surface area (Å²) in [5.74, 6) is 1.62. The lowest BCUT2D eigenvalue weighted by atomic mass is 9.79. The molecule has 2 fully saturated rings. The van der Waals surface area contributed by atoms with Crippen LogP contribution in [0.2, 0.25) is 0 Å². The van der Waals surface area contributed by atoms with Gasteiger partial charge in [-0.3, -0.25) is 4.90 Å². The number of hydrogen-bond donors (Lipinski definition) is 0. The van der Waals surface area contributed by atoms with Gasteiger partial charge in [0.1, 0.15) is 0 Å². The number of alkyl halides is 2. The van der Waals surface area contributed by atoms with Gasteiger partial charge in [0, 0.05) is 19.0 Å². The van der Waals surface area contributed by atoms with Crippen LogP contribution in [-0.2, 0) is 4.74 Å². The van der Waals surface area contributed by atoms with Crippen LogP contribution in [0.3, 0.4) is 0 Å². The first kappa shape index (κ1) is 11.3. The van der Waals surface area contributed by atoms with E-state index in [-0.39, 0.29) is 12.6 Å². The molecule has 0 spiro atoms. The highest BCUT2D eigenvalue weighted by Crippen LogP contribution is 2.37. The van der Waals surface area contributed by atoms with Gasteiger partial charge in [0.05, 0.1) is 19.3 Å². The predicted molar refractivity (Wildman–Crippen MR) is 54.0 cm³/mol. The Morgan fingerprint density at radius 1 is 1.33 bits per heavy atom. The topological polar surface area (TPSA) is 12.5 Å². The second-order valence-electron chi connectivity index (χ2n) is 5.06. The zero-order valence-corrected chi connectivity index (χ0v) is 9.33. The molecule has 0 aliphatic carbocycles. The lowest BCUT2D eigenvalue weighted by Gasteiger charge is -2.37. The summed E-state index contributed by atoms with van der Waals surface area (Å²) in [6.07, 6.45) is -2.04. The lowest BCUT2D eigenvalue weighted by molar-refractivity contribution is 0.00843. The molecule has 2 saturated heterocycles. The van der Waals surface area contributed by atoms with Crippen molar-refractivity contribution in [3.8, 4) is 0 Å². The number of piperidine rings is 1. The van der Waals surface area contributed by atoms with E-state index in [0.29, 0.717) is 24.3 Å². The number of likely N-dealkylation sites (tertiary alicyclic amines) is 1. The van der Waals surface area contributed by atoms with Crippen molar-refractivity contribution in [2.75, 3.05) is 26.2 Å². The zero-order chi connectivity index (χ0) is 11.0. The third-order valence-electron chi connectivity index (χ3n) is 3.59. The minimum Gasteiger partial charge on any atom is -0.376 e. The molecular formula is C11H19F2NO. The van der Waals surface area contributed by atoms with Gasteiger partial charge in [-0.25, -0.2) is 8.78 Å². The minimum absolute atomic E-state index is 0.0961. The summed E-state index contributed by atoms with van der Waals surface area (Å²) in [6.45, 7) is 6.52. The van der Waals surface area contributed by atoms with Gasteiger partial charge >= 0.3 is 0 Å². The van der Waals surface area contributed by atoms with Gasteiger partial charge in [-0.1, -0.05) is 13.8 Å². The fraction of sp³-hybridized carbons (Fsp3) is 1.00. The molecule has 2 rings (SSSR count). The molecule has 0 saturated carbocycles. The number of nitrogens with zero attached hydrogens (tertiary/aromatic N) is 1. The van der Waals surface area contributed by atoms with Gasteiger partial charge < -0.3 is 4.74 Å². The van der Waals surface area contributed by atoms with Crippen LogP contribution in [0.15, 0.2) is 0 Å². The first-order valence-electron chi connectivity index (χ1n) is 5.70. The van der Waals surface area contributed by atoms with Crippen molar-refractivity contribution >= 4 is 0 Å². The Balaban J connectivity index is 1.96. The monoisotopic (exact) mass is 219 g/mol. The van der Waals surface area contributed by atoms with E-state index in [0.717, 1.165) is 13.2 Å². The van der Waals surface area contributed by atoms with E-state index in [1.807, 2.05) is 4.90 Å². The Kier molecular flexibility index (Phi) is 3.26. The second kappa shape index (κ2) is 4.34. The summed E-state index contributed by atoms with van der Waals surface area (Å²) in [7, 11) is 0. The highest BCUT2D eigenvalue weighted by molar-refractivity contribution is 4.93. The average molecular weight is 219 g/mol. The fourth-order valence-electron chi connectivity index (χ4n) is 3.10. The SMILES string of the molecule is CC(C)C1C2COC1CN(CC(F)F)C2. The van der Waals surface area contributed by atoms with E-state index in [1.54, 1.807) is 0 Å². The van der Waals surface area contributed by atoms with Crippen molar-refractivity contribution in [3.05, 3.63) is 0 Å². The van der Waals surface area contributed by atoms with Gasteiger partial charge in [-0.15, -0.1) is 0 Å². The maximum Gasteiger partial charge on any atom is 0.251 e. The smallest absolute Gasteiger partial charge is 0.251 e. The summed E-state index contributed by atoms with van der Waals surface area (Å²) in [6, 6.07) is 0. The van der Waals surface area contributed by atoms with E-state index in [4.69, 9.17) is 4.74 Å². The lowest BCUT2D eigenvalue weighted by Crippen LogP contribution is -2.48. The molecule has 2 nitrogen and oxygen atoms in total. The van der Waals surface area contributed by atoms with Gasteiger partial charge in [-0.2, -0.15) is 0 Å². The third kappa shape index (κ3) is 2.31. The normalized spacial score (nSPS) is 36.8. The third-order valence-corrected chi connectivity index (χ3v) is 3.59. The van der Waals surface area contributed by atoms with Crippen LogP contribution in [-0.4, -0.2) is 43.7 Å². The van der Waals surface area contributed by atoms with E-state index < -0.39 is 6.43 Å². The molecule has 0 radical (unpaired) electrons. The second-order valence-corrected chi connectivity index (χ2v) is 5.06. The molecule has 4 heteroatoms. The summed E-state index contributed by atoms with van der Waals surface area (Å²) in [4.78, 5) is 1.85. The summed E-state index contributed by atoms with van der Waals surface area (Å²) in [5.41, 5.74) is 0. The van der Waals surface area contributed by atoms with Crippen molar-refractivity contribution in [1.29, 1.82) is 0 Å². The number of rotatable bonds is 3. The van der Waals surface area contributed by atoms with Crippen LogP contribution in [0, 0.1) is 17.8 Å². The van der Waals surface area contributed by atoms with Crippen molar-refractivity contribution in [3.63, 3.8) is 0 Å². The Hall–Kier alpha value is -0.220. The molecule has 15 heavy (non-hydrogen) atoms. The van der Waals surface area contributed by atoms with Gasteiger partial charge in [0.25, 0.3) is 6.43 Å². The highest BCUT2D eigenvalue weighted by atomic mass is 19.3. The molecule has 0 aromatic heterocycles. The molecule has 2 bridgehead atoms. The molecule has 3 atom stereocenters. The van der Waals surface area contributed by atoms with E-state index in [2.05, 4.69) is 13.8 Å². The highest BCUT2D eigenvalue weighted by Gasteiger charge is 2.44.